The molecule has 0 saturated heterocycles. The summed E-state index contributed by atoms with van der Waals surface area (Å²) >= 11 is 5.43. The topological polar surface area (TPSA) is 12.9 Å². The van der Waals surface area contributed by atoms with Crippen molar-refractivity contribution in [1.29, 1.82) is 0 Å². The molecule has 8 heavy (non-hydrogen) atoms. The third-order valence-corrected chi connectivity index (χ3v) is 0.852. The third kappa shape index (κ3) is 2.37. The molecule has 38 valence electrons. The van der Waals surface area contributed by atoms with Gasteiger partial charge in [-0.1, -0.05) is 17.7 Å². The molecule has 1 nitrogen and oxygen atoms in total. The predicted octanol–water partition coefficient (Wildman–Crippen LogP) is -1.15. The van der Waals surface area contributed by atoms with Crippen LogP contribution in [0.2, 0.25) is 5.15 Å². The first kappa shape index (κ1) is 8.04. The maximum atomic E-state index is 5.43. The van der Waals surface area contributed by atoms with Crippen molar-refractivity contribution in [2.75, 3.05) is 0 Å². The quantitative estimate of drug-likeness (QED) is 0.312. The minimum Gasteiger partial charge on any atom is -1.00 e. The summed E-state index contributed by atoms with van der Waals surface area (Å²) < 4.78 is 0. The van der Waals surface area contributed by atoms with E-state index in [2.05, 4.69) is 4.98 Å². The van der Waals surface area contributed by atoms with Gasteiger partial charge in [-0.05, 0) is 12.1 Å². The van der Waals surface area contributed by atoms with Gasteiger partial charge in [-0.25, -0.2) is 4.98 Å². The van der Waals surface area contributed by atoms with Crippen molar-refractivity contribution < 1.29 is 20.3 Å². The van der Waals surface area contributed by atoms with Gasteiger partial charge in [0.05, 0.1) is 0 Å². The van der Waals surface area contributed by atoms with E-state index in [0.29, 0.717) is 5.15 Å². The maximum absolute atomic E-state index is 5.43. The van der Waals surface area contributed by atoms with E-state index in [4.69, 9.17) is 11.6 Å². The van der Waals surface area contributed by atoms with Crippen molar-refractivity contribution in [3.8, 4) is 0 Å². The van der Waals surface area contributed by atoms with Gasteiger partial charge < -0.3 is 1.43 Å². The zero-order chi connectivity index (χ0) is 5.11. The van der Waals surface area contributed by atoms with Crippen molar-refractivity contribution in [2.24, 2.45) is 0 Å². The third-order valence-electron chi connectivity index (χ3n) is 0.629. The van der Waals surface area contributed by atoms with Crippen LogP contribution in [0.15, 0.2) is 24.4 Å². The SMILES string of the molecule is Clc1ccccn1.[H-].[Li+]. The van der Waals surface area contributed by atoms with Crippen LogP contribution in [0.3, 0.4) is 0 Å². The number of pyridine rings is 1. The summed E-state index contributed by atoms with van der Waals surface area (Å²) in [4.78, 5) is 3.74. The molecule has 0 aliphatic heterocycles. The van der Waals surface area contributed by atoms with Crippen LogP contribution in [0.4, 0.5) is 0 Å². The van der Waals surface area contributed by atoms with E-state index >= 15 is 0 Å². The molecular formula is C5H5ClLiN. The van der Waals surface area contributed by atoms with Gasteiger partial charge in [0.25, 0.3) is 0 Å². The first-order valence-corrected chi connectivity index (χ1v) is 2.34. The van der Waals surface area contributed by atoms with Gasteiger partial charge in [0.2, 0.25) is 0 Å². The van der Waals surface area contributed by atoms with Gasteiger partial charge in [-0.2, -0.15) is 0 Å². The molecule has 0 aromatic carbocycles. The molecule has 0 saturated carbocycles. The Morgan fingerprint density at radius 3 is 2.50 bits per heavy atom. The molecule has 0 amide bonds. The van der Waals surface area contributed by atoms with Gasteiger partial charge in [0, 0.05) is 6.20 Å². The summed E-state index contributed by atoms with van der Waals surface area (Å²) in [6.45, 7) is 0. The van der Waals surface area contributed by atoms with Crippen LogP contribution in [0.25, 0.3) is 0 Å². The molecular weight excluding hydrogens is 116 g/mol. The molecule has 0 atom stereocenters. The molecule has 0 radical (unpaired) electrons. The van der Waals surface area contributed by atoms with Gasteiger partial charge in [-0.3, -0.25) is 0 Å². The molecule has 1 heterocycles. The molecule has 3 heteroatoms. The Balaban J connectivity index is 0. The van der Waals surface area contributed by atoms with E-state index in [1.807, 2.05) is 12.1 Å². The summed E-state index contributed by atoms with van der Waals surface area (Å²) in [6.07, 6.45) is 1.66. The number of halogens is 1. The second-order valence-corrected chi connectivity index (χ2v) is 1.54. The second kappa shape index (κ2) is 3.97. The predicted molar refractivity (Wildman–Crippen MR) is 30.4 cm³/mol. The van der Waals surface area contributed by atoms with Crippen LogP contribution in [0, 0.1) is 0 Å². The van der Waals surface area contributed by atoms with Crippen molar-refractivity contribution in [3.05, 3.63) is 29.5 Å². The van der Waals surface area contributed by atoms with E-state index < -0.39 is 0 Å². The molecule has 1 rings (SSSR count). The molecule has 0 aliphatic rings. The smallest absolute Gasteiger partial charge is 1.00 e. The molecule has 0 unspecified atom stereocenters. The molecule has 0 aliphatic carbocycles. The standard InChI is InChI=1S/C5H4ClN.Li.H/c6-5-3-1-2-4-7-5;;/h1-4H;;/q;+1;-1. The Hall–Kier alpha value is 0.0374. The largest absolute Gasteiger partial charge is 1.00 e. The minimum absolute atomic E-state index is 0. The van der Waals surface area contributed by atoms with E-state index in [-0.39, 0.29) is 20.3 Å². The first-order valence-electron chi connectivity index (χ1n) is 1.96. The van der Waals surface area contributed by atoms with E-state index in [0.717, 1.165) is 0 Å². The monoisotopic (exact) mass is 121 g/mol. The number of aromatic nitrogens is 1. The van der Waals surface area contributed by atoms with Crippen molar-refractivity contribution in [3.63, 3.8) is 0 Å². The van der Waals surface area contributed by atoms with Crippen LogP contribution in [-0.4, -0.2) is 4.98 Å². The summed E-state index contributed by atoms with van der Waals surface area (Å²) in [5, 5.41) is 0.544. The minimum atomic E-state index is 0. The van der Waals surface area contributed by atoms with Crippen LogP contribution < -0.4 is 18.9 Å². The van der Waals surface area contributed by atoms with Crippen LogP contribution in [0.1, 0.15) is 1.43 Å². The Morgan fingerprint density at radius 1 is 1.50 bits per heavy atom. The molecule has 0 N–H and O–H groups in total. The molecule has 1 aromatic heterocycles. The number of rotatable bonds is 0. The van der Waals surface area contributed by atoms with Gasteiger partial charge in [0.1, 0.15) is 5.15 Å². The van der Waals surface area contributed by atoms with Crippen molar-refractivity contribution in [1.82, 2.24) is 4.98 Å². The maximum Gasteiger partial charge on any atom is 1.00 e. The van der Waals surface area contributed by atoms with E-state index in [1.165, 1.54) is 0 Å². The average Bonchev–Trinajstić information content (AvgIpc) is 1.69. The van der Waals surface area contributed by atoms with Gasteiger partial charge >= 0.3 is 18.9 Å². The molecule has 0 spiro atoms. The van der Waals surface area contributed by atoms with Crippen molar-refractivity contribution in [2.45, 2.75) is 0 Å². The zero-order valence-electron chi connectivity index (χ0n) is 5.63. The summed E-state index contributed by atoms with van der Waals surface area (Å²) in [7, 11) is 0. The molecule has 1 aromatic rings. The van der Waals surface area contributed by atoms with Crippen LogP contribution in [0.5, 0.6) is 0 Å². The Kier molecular flexibility index (Phi) is 3.99. The zero-order valence-corrected chi connectivity index (χ0v) is 5.39. The fraction of sp³-hybridized carbons (Fsp3) is 0. The van der Waals surface area contributed by atoms with Crippen molar-refractivity contribution >= 4 is 11.6 Å². The number of hydrogen-bond donors (Lipinski definition) is 0. The Labute approximate surface area is 66.7 Å². The average molecular weight is 121 g/mol. The number of hydrogen-bond acceptors (Lipinski definition) is 1. The van der Waals surface area contributed by atoms with Crippen LogP contribution in [-0.2, 0) is 0 Å². The normalized spacial score (nSPS) is 7.62. The van der Waals surface area contributed by atoms with E-state index in [1.54, 1.807) is 12.3 Å². The molecule has 0 bridgehead atoms. The van der Waals surface area contributed by atoms with Crippen LogP contribution >= 0.6 is 11.6 Å². The number of nitrogens with zero attached hydrogens (tertiary/aromatic N) is 1. The Bertz CT molecular complexity index is 147. The summed E-state index contributed by atoms with van der Waals surface area (Å²) in [5.41, 5.74) is 0. The summed E-state index contributed by atoms with van der Waals surface area (Å²) in [6, 6.07) is 5.41. The second-order valence-electron chi connectivity index (χ2n) is 1.15. The van der Waals surface area contributed by atoms with E-state index in [9.17, 15) is 0 Å². The summed E-state index contributed by atoms with van der Waals surface area (Å²) in [5.74, 6) is 0. The molecule has 0 fully saturated rings. The van der Waals surface area contributed by atoms with Gasteiger partial charge in [-0.15, -0.1) is 0 Å². The fourth-order valence-electron chi connectivity index (χ4n) is 0.342. The fourth-order valence-corrected chi connectivity index (χ4v) is 0.471. The van der Waals surface area contributed by atoms with Gasteiger partial charge in [0.15, 0.2) is 0 Å². The first-order chi connectivity index (χ1) is 3.39. The Morgan fingerprint density at radius 2 is 2.25 bits per heavy atom.